The fraction of sp³-hybridized carbons (Fsp3) is 0.429. The number of carbonyl (C=O) groups excluding carboxylic acids is 1. The van der Waals surface area contributed by atoms with E-state index in [-0.39, 0.29) is 12.1 Å². The Morgan fingerprint density at radius 2 is 2.67 bits per heavy atom. The van der Waals surface area contributed by atoms with E-state index in [4.69, 9.17) is 4.74 Å². The van der Waals surface area contributed by atoms with Gasteiger partial charge in [-0.2, -0.15) is 0 Å². The molecule has 0 unspecified atom stereocenters. The highest BCUT2D eigenvalue weighted by Gasteiger charge is 2.25. The molecule has 2 heterocycles. The number of nitrogens with one attached hydrogen (secondary N) is 1. The molecule has 0 spiro atoms. The fourth-order valence-electron chi connectivity index (χ4n) is 1.08. The monoisotopic (exact) mass is 184 g/mol. The zero-order valence-corrected chi connectivity index (χ0v) is 7.35. The van der Waals surface area contributed by atoms with Crippen LogP contribution in [0.25, 0.3) is 0 Å². The van der Waals surface area contributed by atoms with Crippen molar-refractivity contribution in [3.63, 3.8) is 0 Å². The predicted molar refractivity (Wildman–Crippen MR) is 44.1 cm³/mol. The lowest BCUT2D eigenvalue weighted by Crippen LogP contribution is -2.18. The third-order valence-electron chi connectivity index (χ3n) is 1.67. The Hall–Kier alpha value is -1.10. The second-order valence-corrected chi connectivity index (χ2v) is 3.65. The molecule has 1 aromatic heterocycles. The Morgan fingerprint density at radius 1 is 1.83 bits per heavy atom. The lowest BCUT2D eigenvalue weighted by molar-refractivity contribution is 0.177. The van der Waals surface area contributed by atoms with Crippen molar-refractivity contribution in [3.05, 3.63) is 16.1 Å². The average Bonchev–Trinajstić information content (AvgIpc) is 2.58. The summed E-state index contributed by atoms with van der Waals surface area (Å²) in [5, 5.41) is 5.61. The summed E-state index contributed by atoms with van der Waals surface area (Å²) < 4.78 is 4.74. The highest BCUT2D eigenvalue weighted by molar-refractivity contribution is 7.09. The van der Waals surface area contributed by atoms with E-state index in [0.29, 0.717) is 6.61 Å². The number of carbonyl (C=O) groups is 1. The molecule has 1 atom stereocenters. The number of hydrogen-bond donors (Lipinski definition) is 1. The Bertz CT molecular complexity index is 310. The van der Waals surface area contributed by atoms with Gasteiger partial charge in [-0.3, -0.25) is 0 Å². The van der Waals surface area contributed by atoms with Crippen molar-refractivity contribution >= 4 is 17.4 Å². The molecule has 0 aliphatic carbocycles. The first kappa shape index (κ1) is 7.54. The van der Waals surface area contributed by atoms with Crippen LogP contribution < -0.4 is 5.32 Å². The molecule has 0 bridgehead atoms. The van der Waals surface area contributed by atoms with E-state index < -0.39 is 0 Å². The molecule has 1 fully saturated rings. The maximum atomic E-state index is 10.7. The molecule has 0 aromatic carbocycles. The second-order valence-electron chi connectivity index (χ2n) is 2.59. The standard InChI is InChI=1S/C7H8N2O2S/c1-4-8-6(3-12-4)5-2-11-7(10)9-5/h3,5H,2H2,1H3,(H,9,10)/t5-/m1/s1. The first-order valence-electron chi connectivity index (χ1n) is 3.61. The quantitative estimate of drug-likeness (QED) is 0.714. The third-order valence-corrected chi connectivity index (χ3v) is 2.46. The minimum Gasteiger partial charge on any atom is -0.447 e. The third kappa shape index (κ3) is 1.27. The van der Waals surface area contributed by atoms with Crippen LogP contribution >= 0.6 is 11.3 Å². The van der Waals surface area contributed by atoms with Crippen molar-refractivity contribution in [2.24, 2.45) is 0 Å². The molecule has 1 aliphatic heterocycles. The normalized spacial score (nSPS) is 22.1. The number of ether oxygens (including phenoxy) is 1. The molecule has 1 saturated heterocycles. The van der Waals surface area contributed by atoms with Gasteiger partial charge in [0.15, 0.2) is 0 Å². The summed E-state index contributed by atoms with van der Waals surface area (Å²) in [5.41, 5.74) is 0.892. The van der Waals surface area contributed by atoms with E-state index in [1.807, 2.05) is 12.3 Å². The first-order chi connectivity index (χ1) is 5.75. The van der Waals surface area contributed by atoms with Gasteiger partial charge in [-0.15, -0.1) is 11.3 Å². The van der Waals surface area contributed by atoms with E-state index in [2.05, 4.69) is 10.3 Å². The minimum atomic E-state index is -0.356. The number of hydrogen-bond acceptors (Lipinski definition) is 4. The lowest BCUT2D eigenvalue weighted by Gasteiger charge is -2.00. The summed E-state index contributed by atoms with van der Waals surface area (Å²) >= 11 is 1.57. The number of rotatable bonds is 1. The maximum Gasteiger partial charge on any atom is 0.407 e. The largest absolute Gasteiger partial charge is 0.447 e. The summed E-state index contributed by atoms with van der Waals surface area (Å²) in [7, 11) is 0. The van der Waals surface area contributed by atoms with Crippen LogP contribution in [0.2, 0.25) is 0 Å². The highest BCUT2D eigenvalue weighted by Crippen LogP contribution is 2.19. The molecule has 2 rings (SSSR count). The topological polar surface area (TPSA) is 51.2 Å². The van der Waals surface area contributed by atoms with Crippen molar-refractivity contribution in [1.82, 2.24) is 10.3 Å². The van der Waals surface area contributed by atoms with Gasteiger partial charge in [0.05, 0.1) is 10.7 Å². The van der Waals surface area contributed by atoms with Crippen LogP contribution in [0.4, 0.5) is 4.79 Å². The summed E-state index contributed by atoms with van der Waals surface area (Å²) in [4.78, 5) is 14.9. The lowest BCUT2D eigenvalue weighted by atomic mass is 10.2. The number of alkyl carbamates (subject to hydrolysis) is 1. The van der Waals surface area contributed by atoms with Gasteiger partial charge in [0.2, 0.25) is 0 Å². The van der Waals surface area contributed by atoms with Crippen LogP contribution in [0.5, 0.6) is 0 Å². The van der Waals surface area contributed by atoms with Crippen LogP contribution in [-0.4, -0.2) is 17.7 Å². The Kier molecular flexibility index (Phi) is 1.73. The maximum absolute atomic E-state index is 10.7. The molecule has 12 heavy (non-hydrogen) atoms. The van der Waals surface area contributed by atoms with Gasteiger partial charge in [-0.25, -0.2) is 9.78 Å². The highest BCUT2D eigenvalue weighted by atomic mass is 32.1. The van der Waals surface area contributed by atoms with Gasteiger partial charge < -0.3 is 10.1 Å². The predicted octanol–water partition coefficient (Wildman–Crippen LogP) is 1.23. The average molecular weight is 184 g/mol. The number of nitrogens with zero attached hydrogens (tertiary/aromatic N) is 1. The van der Waals surface area contributed by atoms with Gasteiger partial charge in [-0.05, 0) is 6.92 Å². The first-order valence-corrected chi connectivity index (χ1v) is 4.49. The summed E-state index contributed by atoms with van der Waals surface area (Å²) in [5.74, 6) is 0. The Labute approximate surface area is 73.6 Å². The molecule has 1 aliphatic rings. The Morgan fingerprint density at radius 3 is 3.17 bits per heavy atom. The van der Waals surface area contributed by atoms with Crippen LogP contribution in [-0.2, 0) is 4.74 Å². The summed E-state index contributed by atoms with van der Waals surface area (Å²) in [6, 6.07) is -0.0533. The molecule has 4 nitrogen and oxygen atoms in total. The van der Waals surface area contributed by atoms with E-state index in [0.717, 1.165) is 10.7 Å². The molecule has 0 saturated carbocycles. The zero-order chi connectivity index (χ0) is 8.55. The molecule has 64 valence electrons. The van der Waals surface area contributed by atoms with Crippen molar-refractivity contribution in [2.75, 3.05) is 6.61 Å². The molecular weight excluding hydrogens is 176 g/mol. The molecule has 0 radical (unpaired) electrons. The zero-order valence-electron chi connectivity index (χ0n) is 6.53. The molecule has 1 amide bonds. The van der Waals surface area contributed by atoms with Gasteiger partial charge >= 0.3 is 6.09 Å². The number of aryl methyl sites for hydroxylation is 1. The van der Waals surface area contributed by atoms with Crippen LogP contribution in [0.3, 0.4) is 0 Å². The Balaban J connectivity index is 2.15. The van der Waals surface area contributed by atoms with Crippen molar-refractivity contribution < 1.29 is 9.53 Å². The minimum absolute atomic E-state index is 0.0533. The van der Waals surface area contributed by atoms with Crippen LogP contribution in [0.1, 0.15) is 16.7 Å². The summed E-state index contributed by atoms with van der Waals surface area (Å²) in [6.45, 7) is 2.33. The van der Waals surface area contributed by atoms with Crippen molar-refractivity contribution in [3.8, 4) is 0 Å². The van der Waals surface area contributed by atoms with E-state index in [1.54, 1.807) is 11.3 Å². The van der Waals surface area contributed by atoms with Gasteiger partial charge in [0.25, 0.3) is 0 Å². The number of cyclic esters (lactones) is 1. The van der Waals surface area contributed by atoms with E-state index >= 15 is 0 Å². The second kappa shape index (κ2) is 2.75. The molecule has 1 aromatic rings. The number of thiazole rings is 1. The van der Waals surface area contributed by atoms with Crippen LogP contribution in [0, 0.1) is 6.92 Å². The van der Waals surface area contributed by atoms with Gasteiger partial charge in [-0.1, -0.05) is 0 Å². The SMILES string of the molecule is Cc1nc([C@H]2COC(=O)N2)cs1. The number of amides is 1. The van der Waals surface area contributed by atoms with Crippen molar-refractivity contribution in [1.29, 1.82) is 0 Å². The van der Waals surface area contributed by atoms with E-state index in [1.165, 1.54) is 0 Å². The fourth-order valence-corrected chi connectivity index (χ4v) is 1.75. The molecule has 5 heteroatoms. The number of aromatic nitrogens is 1. The molecule has 1 N–H and O–H groups in total. The molecular formula is C7H8N2O2S. The van der Waals surface area contributed by atoms with Crippen molar-refractivity contribution in [2.45, 2.75) is 13.0 Å². The smallest absolute Gasteiger partial charge is 0.407 e. The summed E-state index contributed by atoms with van der Waals surface area (Å²) in [6.07, 6.45) is -0.356. The van der Waals surface area contributed by atoms with E-state index in [9.17, 15) is 4.79 Å². The van der Waals surface area contributed by atoms with Gasteiger partial charge in [0, 0.05) is 5.38 Å². The van der Waals surface area contributed by atoms with Gasteiger partial charge in [0.1, 0.15) is 12.6 Å². The van der Waals surface area contributed by atoms with Crippen LogP contribution in [0.15, 0.2) is 5.38 Å².